The smallest absolute Gasteiger partial charge is 0.137 e. The Morgan fingerprint density at radius 2 is 1.52 bits per heavy atom. The molecular weight excluding hydrogens is 336 g/mol. The van der Waals surface area contributed by atoms with E-state index in [1.165, 1.54) is 16.0 Å². The van der Waals surface area contributed by atoms with Gasteiger partial charge in [-0.15, -0.1) is 0 Å². The zero-order valence-electron chi connectivity index (χ0n) is 16.7. The molecule has 0 radical (unpaired) electrons. The van der Waals surface area contributed by atoms with Crippen molar-refractivity contribution in [3.8, 4) is 5.75 Å². The quantitative estimate of drug-likeness (QED) is 0.634. The molecule has 146 valence electrons. The number of nitrogens with one attached hydrogen (secondary N) is 2. The lowest BCUT2D eigenvalue weighted by Gasteiger charge is -2.30. The van der Waals surface area contributed by atoms with Gasteiger partial charge in [-0.2, -0.15) is 0 Å². The van der Waals surface area contributed by atoms with E-state index in [2.05, 4.69) is 56.3 Å². The lowest BCUT2D eigenvalue weighted by Crippen LogP contribution is -3.28. The maximum absolute atomic E-state index is 10.4. The minimum atomic E-state index is -0.416. The summed E-state index contributed by atoms with van der Waals surface area (Å²) in [4.78, 5) is 3.12. The Kier molecular flexibility index (Phi) is 7.27. The van der Waals surface area contributed by atoms with Crippen LogP contribution in [0.1, 0.15) is 30.9 Å². The van der Waals surface area contributed by atoms with Crippen molar-refractivity contribution in [2.24, 2.45) is 0 Å². The van der Waals surface area contributed by atoms with Crippen molar-refractivity contribution in [3.05, 3.63) is 65.7 Å². The Labute approximate surface area is 163 Å². The number of hydrogen-bond donors (Lipinski definition) is 3. The molecule has 0 saturated carbocycles. The Balaban J connectivity index is 1.36. The Morgan fingerprint density at radius 3 is 2.15 bits per heavy atom. The number of rotatable bonds is 8. The van der Waals surface area contributed by atoms with Gasteiger partial charge in [0.15, 0.2) is 0 Å². The predicted octanol–water partition coefficient (Wildman–Crippen LogP) is 0.533. The van der Waals surface area contributed by atoms with E-state index >= 15 is 0 Å². The van der Waals surface area contributed by atoms with Gasteiger partial charge in [0.05, 0.1) is 0 Å². The van der Waals surface area contributed by atoms with Gasteiger partial charge in [-0.3, -0.25) is 0 Å². The molecular formula is C23H34N2O2+2. The number of hydrogen-bond acceptors (Lipinski definition) is 2. The highest BCUT2D eigenvalue weighted by Crippen LogP contribution is 2.18. The van der Waals surface area contributed by atoms with E-state index in [-0.39, 0.29) is 0 Å². The summed E-state index contributed by atoms with van der Waals surface area (Å²) in [5.41, 5.74) is 2.72. The van der Waals surface area contributed by atoms with Crippen molar-refractivity contribution in [2.45, 2.75) is 32.4 Å². The molecule has 3 N–H and O–H groups in total. The minimum Gasteiger partial charge on any atom is -0.491 e. The van der Waals surface area contributed by atoms with Crippen LogP contribution in [0, 0.1) is 0 Å². The van der Waals surface area contributed by atoms with Crippen molar-refractivity contribution in [1.82, 2.24) is 0 Å². The molecule has 0 amide bonds. The second-order valence-corrected chi connectivity index (χ2v) is 8.06. The summed E-state index contributed by atoms with van der Waals surface area (Å²) in [6.45, 7) is 11.2. The second-order valence-electron chi connectivity index (χ2n) is 8.06. The number of ether oxygens (including phenoxy) is 1. The van der Waals surface area contributed by atoms with Gasteiger partial charge < -0.3 is 19.6 Å². The van der Waals surface area contributed by atoms with Crippen LogP contribution in [-0.4, -0.2) is 50.5 Å². The van der Waals surface area contributed by atoms with Crippen LogP contribution in [0.15, 0.2) is 54.6 Å². The van der Waals surface area contributed by atoms with Crippen LogP contribution in [0.4, 0.5) is 0 Å². The Hall–Kier alpha value is -1.88. The van der Waals surface area contributed by atoms with E-state index in [1.807, 2.05) is 12.1 Å². The van der Waals surface area contributed by atoms with Crippen molar-refractivity contribution in [2.75, 3.05) is 39.3 Å². The van der Waals surface area contributed by atoms with Gasteiger partial charge in [-0.1, -0.05) is 56.3 Å². The third-order valence-corrected chi connectivity index (χ3v) is 5.47. The second kappa shape index (κ2) is 9.88. The molecule has 0 spiro atoms. The predicted molar refractivity (Wildman–Crippen MR) is 108 cm³/mol. The van der Waals surface area contributed by atoms with Gasteiger partial charge >= 0.3 is 0 Å². The van der Waals surface area contributed by atoms with Crippen LogP contribution in [0.5, 0.6) is 5.75 Å². The molecule has 1 heterocycles. The first-order valence-electron chi connectivity index (χ1n) is 10.2. The molecule has 0 aromatic heterocycles. The molecule has 0 unspecified atom stereocenters. The molecule has 27 heavy (non-hydrogen) atoms. The van der Waals surface area contributed by atoms with Crippen LogP contribution in [-0.2, 0) is 6.54 Å². The summed E-state index contributed by atoms with van der Waals surface area (Å²) in [6.07, 6.45) is -0.416. The van der Waals surface area contributed by atoms with Crippen LogP contribution < -0.4 is 14.5 Å². The lowest BCUT2D eigenvalue weighted by molar-refractivity contribution is -1.02. The topological polar surface area (TPSA) is 38.3 Å². The highest BCUT2D eigenvalue weighted by molar-refractivity contribution is 5.28. The van der Waals surface area contributed by atoms with E-state index in [0.717, 1.165) is 45.0 Å². The van der Waals surface area contributed by atoms with Crippen LogP contribution in [0.2, 0.25) is 0 Å². The molecule has 2 aromatic rings. The molecule has 1 aliphatic heterocycles. The van der Waals surface area contributed by atoms with Gasteiger partial charge in [0, 0.05) is 5.56 Å². The first-order valence-corrected chi connectivity index (χ1v) is 10.2. The van der Waals surface area contributed by atoms with Crippen LogP contribution in [0.25, 0.3) is 0 Å². The zero-order valence-corrected chi connectivity index (χ0v) is 16.7. The first-order chi connectivity index (χ1) is 13.1. The fraction of sp³-hybridized carbons (Fsp3) is 0.478. The number of aliphatic hydroxyl groups excluding tert-OH is 1. The summed E-state index contributed by atoms with van der Waals surface area (Å²) in [7, 11) is 0. The highest BCUT2D eigenvalue weighted by Gasteiger charge is 2.25. The first kappa shape index (κ1) is 19.9. The summed E-state index contributed by atoms with van der Waals surface area (Å²) in [6, 6.07) is 18.9. The average Bonchev–Trinajstić information content (AvgIpc) is 2.69. The van der Waals surface area contributed by atoms with E-state index in [9.17, 15) is 5.11 Å². The SMILES string of the molecule is CC(C)c1ccc(OC[C@@H](O)C[NH+]2CC[NH+](Cc3ccccc3)CC2)cc1. The van der Waals surface area contributed by atoms with Crippen molar-refractivity contribution in [3.63, 3.8) is 0 Å². The van der Waals surface area contributed by atoms with Gasteiger partial charge in [0.2, 0.25) is 0 Å². The van der Waals surface area contributed by atoms with E-state index in [1.54, 1.807) is 4.90 Å². The number of quaternary nitrogens is 2. The minimum absolute atomic E-state index is 0.366. The maximum Gasteiger partial charge on any atom is 0.137 e. The monoisotopic (exact) mass is 370 g/mol. The standard InChI is InChI=1S/C23H32N2O2/c1-19(2)21-8-10-23(11-9-21)27-18-22(26)17-25-14-12-24(13-15-25)16-20-6-4-3-5-7-20/h3-11,19,22,26H,12-18H2,1-2H3/p+2/t22-/m0/s1. The molecule has 2 aromatic carbocycles. The summed E-state index contributed by atoms with van der Waals surface area (Å²) in [5.74, 6) is 1.36. The van der Waals surface area contributed by atoms with E-state index in [0.29, 0.717) is 12.5 Å². The van der Waals surface area contributed by atoms with Gasteiger partial charge in [0.1, 0.15) is 57.7 Å². The fourth-order valence-corrected chi connectivity index (χ4v) is 3.76. The highest BCUT2D eigenvalue weighted by atomic mass is 16.5. The lowest BCUT2D eigenvalue weighted by atomic mass is 10.0. The van der Waals surface area contributed by atoms with E-state index < -0.39 is 6.10 Å². The number of aliphatic hydroxyl groups is 1. The third-order valence-electron chi connectivity index (χ3n) is 5.47. The molecule has 1 saturated heterocycles. The summed E-state index contributed by atoms with van der Waals surface area (Å²) >= 11 is 0. The van der Waals surface area contributed by atoms with Gasteiger partial charge in [-0.25, -0.2) is 0 Å². The zero-order chi connectivity index (χ0) is 19.1. The molecule has 1 fully saturated rings. The normalized spacial score (nSPS) is 21.2. The van der Waals surface area contributed by atoms with Gasteiger partial charge in [-0.05, 0) is 23.6 Å². The van der Waals surface area contributed by atoms with Crippen LogP contribution >= 0.6 is 0 Å². The summed E-state index contributed by atoms with van der Waals surface area (Å²) in [5, 5.41) is 10.4. The molecule has 1 atom stereocenters. The third kappa shape index (κ3) is 6.35. The van der Waals surface area contributed by atoms with Crippen molar-refractivity contribution >= 4 is 0 Å². The Morgan fingerprint density at radius 1 is 0.889 bits per heavy atom. The number of piperazine rings is 1. The van der Waals surface area contributed by atoms with E-state index in [4.69, 9.17) is 4.74 Å². The fourth-order valence-electron chi connectivity index (χ4n) is 3.76. The summed E-state index contributed by atoms with van der Waals surface area (Å²) < 4.78 is 5.78. The molecule has 0 aliphatic carbocycles. The molecule has 0 bridgehead atoms. The Bertz CT molecular complexity index is 665. The molecule has 4 nitrogen and oxygen atoms in total. The average molecular weight is 371 g/mol. The molecule has 3 rings (SSSR count). The molecule has 1 aliphatic rings. The largest absolute Gasteiger partial charge is 0.491 e. The van der Waals surface area contributed by atoms with Crippen LogP contribution in [0.3, 0.4) is 0 Å². The maximum atomic E-state index is 10.4. The number of benzene rings is 2. The van der Waals surface area contributed by atoms with Crippen molar-refractivity contribution < 1.29 is 19.6 Å². The van der Waals surface area contributed by atoms with Crippen molar-refractivity contribution in [1.29, 1.82) is 0 Å². The molecule has 4 heteroatoms. The van der Waals surface area contributed by atoms with Gasteiger partial charge in [0.25, 0.3) is 0 Å².